The highest BCUT2D eigenvalue weighted by Gasteiger charge is 2.12. The van der Waals surface area contributed by atoms with E-state index in [4.69, 9.17) is 9.72 Å². The summed E-state index contributed by atoms with van der Waals surface area (Å²) < 4.78 is 7.20. The van der Waals surface area contributed by atoms with Crippen molar-refractivity contribution >= 4 is 17.2 Å². The van der Waals surface area contributed by atoms with Gasteiger partial charge < -0.3 is 14.5 Å². The van der Waals surface area contributed by atoms with Crippen LogP contribution in [0.3, 0.4) is 0 Å². The maximum atomic E-state index is 12.4. The summed E-state index contributed by atoms with van der Waals surface area (Å²) in [6.45, 7) is 2.02. The molecular formula is C22H19N3O2. The number of hydrogen-bond acceptors (Lipinski definition) is 3. The van der Waals surface area contributed by atoms with Gasteiger partial charge in [0.15, 0.2) is 0 Å². The molecule has 2 heterocycles. The Morgan fingerprint density at radius 2 is 1.74 bits per heavy atom. The molecule has 4 rings (SSSR count). The number of amides is 1. The lowest BCUT2D eigenvalue weighted by Crippen LogP contribution is -2.12. The summed E-state index contributed by atoms with van der Waals surface area (Å²) in [5, 5.41) is 2.94. The fraction of sp³-hybridized carbons (Fsp3) is 0.0909. The number of fused-ring (bicyclic) bond motifs is 1. The average molecular weight is 357 g/mol. The number of aryl methyl sites for hydroxylation is 1. The molecule has 5 heteroatoms. The zero-order valence-corrected chi connectivity index (χ0v) is 15.1. The van der Waals surface area contributed by atoms with Crippen molar-refractivity contribution < 1.29 is 9.53 Å². The smallest absolute Gasteiger partial charge is 0.255 e. The molecule has 0 spiro atoms. The molecule has 0 saturated carbocycles. The van der Waals surface area contributed by atoms with E-state index in [1.54, 1.807) is 19.2 Å². The van der Waals surface area contributed by atoms with E-state index in [9.17, 15) is 4.79 Å². The van der Waals surface area contributed by atoms with Crippen molar-refractivity contribution in [3.63, 3.8) is 0 Å². The Morgan fingerprint density at radius 1 is 1.00 bits per heavy atom. The summed E-state index contributed by atoms with van der Waals surface area (Å²) in [4.78, 5) is 17.1. The predicted octanol–water partition coefficient (Wildman–Crippen LogP) is 4.57. The van der Waals surface area contributed by atoms with Crippen molar-refractivity contribution in [2.75, 3.05) is 12.4 Å². The Bertz CT molecular complexity index is 1100. The SMILES string of the molecule is COc1ccc(-c2nc3ccc(NC(=O)c4ccccc4)cn3c2C)cc1. The fourth-order valence-electron chi connectivity index (χ4n) is 3.05. The lowest BCUT2D eigenvalue weighted by atomic mass is 10.1. The highest BCUT2D eigenvalue weighted by molar-refractivity contribution is 6.04. The number of methoxy groups -OCH3 is 1. The zero-order valence-electron chi connectivity index (χ0n) is 15.1. The normalized spacial score (nSPS) is 10.7. The molecule has 134 valence electrons. The molecule has 2 aromatic heterocycles. The van der Waals surface area contributed by atoms with Crippen molar-refractivity contribution in [1.82, 2.24) is 9.38 Å². The molecule has 4 aromatic rings. The third-order valence-electron chi connectivity index (χ3n) is 4.51. The summed E-state index contributed by atoms with van der Waals surface area (Å²) >= 11 is 0. The molecule has 5 nitrogen and oxygen atoms in total. The van der Waals surface area contributed by atoms with Crippen LogP contribution in [0.1, 0.15) is 16.1 Å². The molecule has 0 aliphatic carbocycles. The Kier molecular flexibility index (Phi) is 4.34. The van der Waals surface area contributed by atoms with Gasteiger partial charge in [0.1, 0.15) is 11.4 Å². The van der Waals surface area contributed by atoms with Gasteiger partial charge in [-0.3, -0.25) is 4.79 Å². The van der Waals surface area contributed by atoms with Gasteiger partial charge in [-0.15, -0.1) is 0 Å². The van der Waals surface area contributed by atoms with E-state index in [1.165, 1.54) is 0 Å². The van der Waals surface area contributed by atoms with E-state index in [0.717, 1.165) is 34.0 Å². The second kappa shape index (κ2) is 6.96. The minimum Gasteiger partial charge on any atom is -0.497 e. The number of aromatic nitrogens is 2. The van der Waals surface area contributed by atoms with Crippen LogP contribution in [0, 0.1) is 6.92 Å². The topological polar surface area (TPSA) is 55.6 Å². The number of pyridine rings is 1. The lowest BCUT2D eigenvalue weighted by Gasteiger charge is -2.06. The standard InChI is InChI=1S/C22H19N3O2/c1-15-21(16-8-11-19(27-2)12-9-16)24-20-13-10-18(14-25(15)20)23-22(26)17-6-4-3-5-7-17/h3-14H,1-2H3,(H,23,26). The van der Waals surface area contributed by atoms with Gasteiger partial charge in [-0.2, -0.15) is 0 Å². The number of anilines is 1. The number of carbonyl (C=O) groups excluding carboxylic acids is 1. The van der Waals surface area contributed by atoms with Crippen molar-refractivity contribution in [3.8, 4) is 17.0 Å². The molecule has 0 atom stereocenters. The molecule has 0 bridgehead atoms. The Morgan fingerprint density at radius 3 is 2.44 bits per heavy atom. The fourth-order valence-corrected chi connectivity index (χ4v) is 3.05. The maximum Gasteiger partial charge on any atom is 0.255 e. The van der Waals surface area contributed by atoms with Gasteiger partial charge in [0.2, 0.25) is 0 Å². The molecule has 0 saturated heterocycles. The molecule has 1 N–H and O–H groups in total. The second-order valence-corrected chi connectivity index (χ2v) is 6.24. The van der Waals surface area contributed by atoms with Gasteiger partial charge in [-0.25, -0.2) is 4.98 Å². The largest absolute Gasteiger partial charge is 0.497 e. The third-order valence-corrected chi connectivity index (χ3v) is 4.51. The van der Waals surface area contributed by atoms with Gasteiger partial charge in [0.25, 0.3) is 5.91 Å². The zero-order chi connectivity index (χ0) is 18.8. The van der Waals surface area contributed by atoms with Crippen LogP contribution in [0.15, 0.2) is 72.9 Å². The van der Waals surface area contributed by atoms with Crippen LogP contribution in [0.4, 0.5) is 5.69 Å². The first-order valence-corrected chi connectivity index (χ1v) is 8.65. The van der Waals surface area contributed by atoms with Crippen LogP contribution >= 0.6 is 0 Å². The third kappa shape index (κ3) is 3.27. The molecule has 27 heavy (non-hydrogen) atoms. The minimum atomic E-state index is -0.136. The predicted molar refractivity (Wildman–Crippen MR) is 106 cm³/mol. The van der Waals surface area contributed by atoms with Crippen LogP contribution in [0.25, 0.3) is 16.9 Å². The summed E-state index contributed by atoms with van der Waals surface area (Å²) in [5.41, 5.74) is 5.11. The van der Waals surface area contributed by atoms with Gasteiger partial charge >= 0.3 is 0 Å². The molecule has 2 aromatic carbocycles. The van der Waals surface area contributed by atoms with Crippen LogP contribution in [-0.4, -0.2) is 22.4 Å². The van der Waals surface area contributed by atoms with Crippen LogP contribution in [0.2, 0.25) is 0 Å². The van der Waals surface area contributed by atoms with Crippen LogP contribution < -0.4 is 10.1 Å². The van der Waals surface area contributed by atoms with Crippen LogP contribution in [-0.2, 0) is 0 Å². The molecule has 0 unspecified atom stereocenters. The van der Waals surface area contributed by atoms with E-state index >= 15 is 0 Å². The molecule has 0 aliphatic heterocycles. The van der Waals surface area contributed by atoms with E-state index in [0.29, 0.717) is 5.56 Å². The molecule has 0 aliphatic rings. The first-order chi connectivity index (χ1) is 13.2. The van der Waals surface area contributed by atoms with Gasteiger partial charge in [-0.05, 0) is 55.5 Å². The summed E-state index contributed by atoms with van der Waals surface area (Å²) in [5.74, 6) is 0.675. The van der Waals surface area contributed by atoms with Gasteiger partial charge in [0.05, 0.1) is 18.5 Å². The number of nitrogens with zero attached hydrogens (tertiary/aromatic N) is 2. The van der Waals surface area contributed by atoms with Crippen molar-refractivity contribution in [2.45, 2.75) is 6.92 Å². The number of ether oxygens (including phenoxy) is 1. The van der Waals surface area contributed by atoms with Crippen molar-refractivity contribution in [3.05, 3.63) is 84.2 Å². The van der Waals surface area contributed by atoms with E-state index < -0.39 is 0 Å². The first kappa shape index (κ1) is 16.8. The maximum absolute atomic E-state index is 12.4. The first-order valence-electron chi connectivity index (χ1n) is 8.65. The minimum absolute atomic E-state index is 0.136. The lowest BCUT2D eigenvalue weighted by molar-refractivity contribution is 0.102. The Balaban J connectivity index is 1.66. The average Bonchev–Trinajstić information content (AvgIpc) is 3.05. The van der Waals surface area contributed by atoms with Gasteiger partial charge in [-0.1, -0.05) is 18.2 Å². The Labute approximate surface area is 157 Å². The summed E-state index contributed by atoms with van der Waals surface area (Å²) in [6.07, 6.45) is 1.89. The van der Waals surface area contributed by atoms with Crippen molar-refractivity contribution in [1.29, 1.82) is 0 Å². The van der Waals surface area contributed by atoms with E-state index in [-0.39, 0.29) is 5.91 Å². The number of nitrogens with one attached hydrogen (secondary N) is 1. The monoisotopic (exact) mass is 357 g/mol. The second-order valence-electron chi connectivity index (χ2n) is 6.24. The van der Waals surface area contributed by atoms with Crippen LogP contribution in [0.5, 0.6) is 5.75 Å². The number of rotatable bonds is 4. The number of carbonyl (C=O) groups is 1. The highest BCUT2D eigenvalue weighted by atomic mass is 16.5. The Hall–Kier alpha value is -3.60. The molecule has 0 radical (unpaired) electrons. The van der Waals surface area contributed by atoms with E-state index in [2.05, 4.69) is 5.32 Å². The molecule has 1 amide bonds. The molecule has 0 fully saturated rings. The van der Waals surface area contributed by atoms with Gasteiger partial charge in [0, 0.05) is 23.0 Å². The van der Waals surface area contributed by atoms with Crippen molar-refractivity contribution in [2.24, 2.45) is 0 Å². The number of hydrogen-bond donors (Lipinski definition) is 1. The quantitative estimate of drug-likeness (QED) is 0.582. The summed E-state index contributed by atoms with van der Waals surface area (Å²) in [6, 6.07) is 20.8. The summed E-state index contributed by atoms with van der Waals surface area (Å²) in [7, 11) is 1.65. The molecular weight excluding hydrogens is 338 g/mol. The highest BCUT2D eigenvalue weighted by Crippen LogP contribution is 2.26. The van der Waals surface area contributed by atoms with E-state index in [1.807, 2.05) is 72.1 Å². The number of benzene rings is 2. The number of imidazole rings is 1.